The second-order valence-corrected chi connectivity index (χ2v) is 5.65. The summed E-state index contributed by atoms with van der Waals surface area (Å²) in [6, 6.07) is 0.341. The number of carbonyl (C=O) groups is 1. The molecule has 1 atom stereocenters. The highest BCUT2D eigenvalue weighted by atomic mass is 16.5. The van der Waals surface area contributed by atoms with Crippen molar-refractivity contribution >= 4 is 5.91 Å². The molecular weight excluding hydrogens is 230 g/mol. The molecule has 2 fully saturated rings. The first kappa shape index (κ1) is 13.8. The fourth-order valence-electron chi connectivity index (χ4n) is 2.74. The van der Waals surface area contributed by atoms with Crippen LogP contribution in [0.2, 0.25) is 0 Å². The first-order valence-electron chi connectivity index (χ1n) is 6.90. The summed E-state index contributed by atoms with van der Waals surface area (Å²) in [7, 11) is 2.03. The molecule has 1 heterocycles. The first-order chi connectivity index (χ1) is 8.58. The van der Waals surface area contributed by atoms with Crippen LogP contribution in [0.25, 0.3) is 0 Å². The van der Waals surface area contributed by atoms with Crippen molar-refractivity contribution < 1.29 is 9.53 Å². The molecule has 1 aliphatic carbocycles. The quantitative estimate of drug-likeness (QED) is 0.762. The average Bonchev–Trinajstić information content (AvgIpc) is 2.36. The molecule has 5 nitrogen and oxygen atoms in total. The zero-order chi connectivity index (χ0) is 13.1. The van der Waals surface area contributed by atoms with Crippen molar-refractivity contribution in [2.75, 3.05) is 39.9 Å². The second kappa shape index (κ2) is 5.99. The Morgan fingerprint density at radius 3 is 2.61 bits per heavy atom. The molecule has 1 aliphatic heterocycles. The molecule has 2 rings (SSSR count). The van der Waals surface area contributed by atoms with Crippen molar-refractivity contribution in [3.63, 3.8) is 0 Å². The van der Waals surface area contributed by atoms with E-state index in [1.165, 1.54) is 0 Å². The Morgan fingerprint density at radius 1 is 1.44 bits per heavy atom. The van der Waals surface area contributed by atoms with Gasteiger partial charge in [-0.2, -0.15) is 0 Å². The zero-order valence-electron chi connectivity index (χ0n) is 11.5. The molecule has 5 heteroatoms. The summed E-state index contributed by atoms with van der Waals surface area (Å²) in [4.78, 5) is 16.4. The smallest absolute Gasteiger partial charge is 0.239 e. The maximum absolute atomic E-state index is 12.3. The van der Waals surface area contributed by atoms with Crippen molar-refractivity contribution in [1.82, 2.24) is 9.80 Å². The largest absolute Gasteiger partial charge is 0.378 e. The van der Waals surface area contributed by atoms with Gasteiger partial charge in [-0.05, 0) is 32.7 Å². The molecule has 2 N–H and O–H groups in total. The first-order valence-corrected chi connectivity index (χ1v) is 6.90. The van der Waals surface area contributed by atoms with E-state index in [1.807, 2.05) is 18.9 Å². The Hall–Kier alpha value is -0.650. The highest BCUT2D eigenvalue weighted by Gasteiger charge is 2.30. The van der Waals surface area contributed by atoms with E-state index in [9.17, 15) is 4.79 Å². The summed E-state index contributed by atoms with van der Waals surface area (Å²) < 4.78 is 5.27. The SMILES string of the molecule is CC(C(=O)N1CCOCC1)N(C)CC1CC(N)C1. The molecule has 1 unspecified atom stereocenters. The Labute approximate surface area is 109 Å². The van der Waals surface area contributed by atoms with Gasteiger partial charge in [0.25, 0.3) is 0 Å². The van der Waals surface area contributed by atoms with Gasteiger partial charge in [-0.25, -0.2) is 0 Å². The lowest BCUT2D eigenvalue weighted by atomic mass is 9.80. The van der Waals surface area contributed by atoms with Crippen LogP contribution in [0.4, 0.5) is 0 Å². The molecule has 2 aliphatic rings. The fraction of sp³-hybridized carbons (Fsp3) is 0.923. The molecule has 0 aromatic heterocycles. The molecule has 0 aromatic rings. The number of hydrogen-bond donors (Lipinski definition) is 1. The van der Waals surface area contributed by atoms with Gasteiger partial charge in [0.05, 0.1) is 19.3 Å². The molecule has 0 bridgehead atoms. The number of rotatable bonds is 4. The molecule has 1 saturated carbocycles. The normalized spacial score (nSPS) is 30.1. The fourth-order valence-corrected chi connectivity index (χ4v) is 2.74. The van der Waals surface area contributed by atoms with E-state index in [0.717, 1.165) is 32.5 Å². The van der Waals surface area contributed by atoms with Gasteiger partial charge >= 0.3 is 0 Å². The van der Waals surface area contributed by atoms with Crippen LogP contribution in [-0.2, 0) is 9.53 Å². The number of hydrogen-bond acceptors (Lipinski definition) is 4. The minimum Gasteiger partial charge on any atom is -0.378 e. The number of morpholine rings is 1. The summed E-state index contributed by atoms with van der Waals surface area (Å²) in [5, 5.41) is 0. The number of likely N-dealkylation sites (N-methyl/N-ethyl adjacent to an activating group) is 1. The minimum absolute atomic E-state index is 0.0417. The van der Waals surface area contributed by atoms with Crippen molar-refractivity contribution in [2.45, 2.75) is 31.8 Å². The Balaban J connectivity index is 1.77. The Bertz CT molecular complexity index is 286. The van der Waals surface area contributed by atoms with Gasteiger partial charge in [0.2, 0.25) is 5.91 Å². The van der Waals surface area contributed by atoms with Crippen LogP contribution in [0.5, 0.6) is 0 Å². The van der Waals surface area contributed by atoms with E-state index in [-0.39, 0.29) is 11.9 Å². The van der Waals surface area contributed by atoms with Gasteiger partial charge in [0.1, 0.15) is 0 Å². The monoisotopic (exact) mass is 255 g/mol. The van der Waals surface area contributed by atoms with Crippen LogP contribution in [0, 0.1) is 5.92 Å². The third-order valence-corrected chi connectivity index (χ3v) is 4.16. The summed E-state index contributed by atoms with van der Waals surface area (Å²) in [6.45, 7) is 5.76. The lowest BCUT2D eigenvalue weighted by molar-refractivity contribution is -0.140. The zero-order valence-corrected chi connectivity index (χ0v) is 11.5. The molecular formula is C13H25N3O2. The molecule has 104 valence electrons. The van der Waals surface area contributed by atoms with Crippen LogP contribution in [0.15, 0.2) is 0 Å². The highest BCUT2D eigenvalue weighted by molar-refractivity contribution is 5.81. The second-order valence-electron chi connectivity index (χ2n) is 5.65. The van der Waals surface area contributed by atoms with Gasteiger partial charge < -0.3 is 15.4 Å². The van der Waals surface area contributed by atoms with Gasteiger partial charge in [-0.15, -0.1) is 0 Å². The van der Waals surface area contributed by atoms with Gasteiger partial charge in [-0.3, -0.25) is 9.69 Å². The van der Waals surface area contributed by atoms with Crippen LogP contribution in [-0.4, -0.2) is 67.7 Å². The van der Waals surface area contributed by atoms with E-state index < -0.39 is 0 Å². The maximum atomic E-state index is 12.3. The molecule has 1 saturated heterocycles. The summed E-state index contributed by atoms with van der Waals surface area (Å²) in [5.74, 6) is 0.898. The van der Waals surface area contributed by atoms with Gasteiger partial charge in [-0.1, -0.05) is 0 Å². The predicted molar refractivity (Wildman–Crippen MR) is 70.2 cm³/mol. The summed E-state index contributed by atoms with van der Waals surface area (Å²) >= 11 is 0. The number of ether oxygens (including phenoxy) is 1. The molecule has 0 spiro atoms. The average molecular weight is 255 g/mol. The molecule has 18 heavy (non-hydrogen) atoms. The van der Waals surface area contributed by atoms with E-state index in [4.69, 9.17) is 10.5 Å². The number of amides is 1. The third-order valence-electron chi connectivity index (χ3n) is 4.16. The van der Waals surface area contributed by atoms with Crippen LogP contribution in [0.3, 0.4) is 0 Å². The molecule has 0 aromatic carbocycles. The summed E-state index contributed by atoms with van der Waals surface area (Å²) in [6.07, 6.45) is 2.20. The van der Waals surface area contributed by atoms with E-state index in [0.29, 0.717) is 25.2 Å². The molecule has 0 radical (unpaired) electrons. The van der Waals surface area contributed by atoms with Crippen molar-refractivity contribution in [2.24, 2.45) is 11.7 Å². The van der Waals surface area contributed by atoms with Crippen molar-refractivity contribution in [3.05, 3.63) is 0 Å². The molecule has 1 amide bonds. The van der Waals surface area contributed by atoms with Crippen LogP contribution >= 0.6 is 0 Å². The van der Waals surface area contributed by atoms with Crippen molar-refractivity contribution in [3.8, 4) is 0 Å². The number of nitrogens with two attached hydrogens (primary N) is 1. The Kier molecular flexibility index (Phi) is 4.59. The van der Waals surface area contributed by atoms with Crippen LogP contribution < -0.4 is 5.73 Å². The van der Waals surface area contributed by atoms with E-state index in [2.05, 4.69) is 4.90 Å². The number of nitrogens with zero attached hydrogens (tertiary/aromatic N) is 2. The van der Waals surface area contributed by atoms with Gasteiger partial charge in [0, 0.05) is 25.7 Å². The van der Waals surface area contributed by atoms with Crippen molar-refractivity contribution in [1.29, 1.82) is 0 Å². The maximum Gasteiger partial charge on any atom is 0.239 e. The lowest BCUT2D eigenvalue weighted by Crippen LogP contribution is -2.51. The Morgan fingerprint density at radius 2 is 2.06 bits per heavy atom. The highest BCUT2D eigenvalue weighted by Crippen LogP contribution is 2.26. The lowest BCUT2D eigenvalue weighted by Gasteiger charge is -2.38. The predicted octanol–water partition coefficient (Wildman–Crippen LogP) is -0.0972. The third kappa shape index (κ3) is 3.22. The topological polar surface area (TPSA) is 58.8 Å². The minimum atomic E-state index is -0.0417. The number of carbonyl (C=O) groups excluding carboxylic acids is 1. The van der Waals surface area contributed by atoms with Gasteiger partial charge in [0.15, 0.2) is 0 Å². The summed E-state index contributed by atoms with van der Waals surface area (Å²) in [5.41, 5.74) is 5.79. The van der Waals surface area contributed by atoms with E-state index >= 15 is 0 Å². The van der Waals surface area contributed by atoms with E-state index in [1.54, 1.807) is 0 Å². The van der Waals surface area contributed by atoms with Crippen LogP contribution in [0.1, 0.15) is 19.8 Å². The standard InChI is InChI=1S/C13H25N3O2/c1-10(13(17)16-3-5-18-6-4-16)15(2)9-11-7-12(14)8-11/h10-12H,3-9,14H2,1-2H3.